The van der Waals surface area contributed by atoms with Crippen LogP contribution in [-0.4, -0.2) is 0 Å². The Morgan fingerprint density at radius 3 is 2.53 bits per heavy atom. The van der Waals surface area contributed by atoms with Crippen molar-refractivity contribution in [3.8, 4) is 5.75 Å². The smallest absolute Gasteiger partial charge is 0.119 e. The van der Waals surface area contributed by atoms with Gasteiger partial charge >= 0.3 is 0 Å². The molecule has 15 heavy (non-hydrogen) atoms. The molecule has 0 heterocycles. The molecule has 1 radical (unpaired) electrons. The quantitative estimate of drug-likeness (QED) is 0.733. The van der Waals surface area contributed by atoms with Gasteiger partial charge in [-0.15, -0.1) is 0 Å². The summed E-state index contributed by atoms with van der Waals surface area (Å²) in [5, 5.41) is 0. The van der Waals surface area contributed by atoms with Gasteiger partial charge in [0.2, 0.25) is 0 Å². The van der Waals surface area contributed by atoms with Gasteiger partial charge in [-0.05, 0) is 36.2 Å². The molecule has 0 saturated carbocycles. The molecule has 0 aliphatic carbocycles. The van der Waals surface area contributed by atoms with Crippen molar-refractivity contribution in [2.75, 3.05) is 0 Å². The Morgan fingerprint density at radius 1 is 1.07 bits per heavy atom. The normalized spacial score (nSPS) is 9.93. The maximum absolute atomic E-state index is 5.65. The lowest BCUT2D eigenvalue weighted by atomic mass is 10.1. The molecule has 2 aromatic carbocycles. The van der Waals surface area contributed by atoms with Gasteiger partial charge in [0.15, 0.2) is 0 Å². The van der Waals surface area contributed by atoms with E-state index < -0.39 is 0 Å². The van der Waals surface area contributed by atoms with Crippen molar-refractivity contribution in [2.45, 2.75) is 13.5 Å². The van der Waals surface area contributed by atoms with Gasteiger partial charge in [0.25, 0.3) is 0 Å². The molecule has 0 N–H and O–H groups in total. The fourth-order valence-electron chi connectivity index (χ4n) is 1.40. The molecule has 0 aromatic heterocycles. The zero-order valence-corrected chi connectivity index (χ0v) is 8.73. The molecular formula is C14H13O. The van der Waals surface area contributed by atoms with Crippen molar-refractivity contribution in [2.24, 2.45) is 0 Å². The van der Waals surface area contributed by atoms with Crippen molar-refractivity contribution >= 4 is 0 Å². The molecule has 0 aliphatic heterocycles. The van der Waals surface area contributed by atoms with E-state index in [1.807, 2.05) is 36.4 Å². The summed E-state index contributed by atoms with van der Waals surface area (Å²) < 4.78 is 5.65. The van der Waals surface area contributed by atoms with Crippen LogP contribution in [0.4, 0.5) is 0 Å². The summed E-state index contributed by atoms with van der Waals surface area (Å²) in [6, 6.07) is 18.8. The van der Waals surface area contributed by atoms with Gasteiger partial charge < -0.3 is 4.74 Å². The molecule has 75 valence electrons. The van der Waals surface area contributed by atoms with Gasteiger partial charge in [0.1, 0.15) is 12.4 Å². The van der Waals surface area contributed by atoms with Crippen LogP contribution in [0.25, 0.3) is 0 Å². The predicted molar refractivity (Wildman–Crippen MR) is 60.8 cm³/mol. The average Bonchev–Trinajstić information content (AvgIpc) is 2.29. The number of ether oxygens (including phenoxy) is 1. The minimum absolute atomic E-state index is 0.622. The summed E-state index contributed by atoms with van der Waals surface area (Å²) in [5.74, 6) is 0.886. The Labute approximate surface area is 90.3 Å². The first-order valence-electron chi connectivity index (χ1n) is 5.00. The van der Waals surface area contributed by atoms with Gasteiger partial charge in [-0.1, -0.05) is 36.4 Å². The minimum Gasteiger partial charge on any atom is -0.489 e. The second kappa shape index (κ2) is 4.65. The van der Waals surface area contributed by atoms with E-state index in [1.165, 1.54) is 11.1 Å². The van der Waals surface area contributed by atoms with E-state index in [0.717, 1.165) is 5.75 Å². The molecule has 1 heteroatoms. The molecule has 2 rings (SSSR count). The van der Waals surface area contributed by atoms with Crippen LogP contribution in [0, 0.1) is 13.0 Å². The number of rotatable bonds is 3. The third-order valence-corrected chi connectivity index (χ3v) is 2.34. The number of hydrogen-bond donors (Lipinski definition) is 0. The molecule has 0 amide bonds. The third kappa shape index (κ3) is 2.59. The van der Waals surface area contributed by atoms with Gasteiger partial charge in [0, 0.05) is 0 Å². The van der Waals surface area contributed by atoms with Gasteiger partial charge in [0.05, 0.1) is 0 Å². The molecule has 0 fully saturated rings. The molecule has 0 bridgehead atoms. The highest BCUT2D eigenvalue weighted by Gasteiger charge is 1.97. The first kappa shape index (κ1) is 9.78. The lowest BCUT2D eigenvalue weighted by Gasteiger charge is -2.07. The molecule has 0 aliphatic rings. The Hall–Kier alpha value is -1.76. The summed E-state index contributed by atoms with van der Waals surface area (Å²) in [5.41, 5.74) is 2.49. The Morgan fingerprint density at radius 2 is 1.80 bits per heavy atom. The van der Waals surface area contributed by atoms with E-state index in [-0.39, 0.29) is 0 Å². The molecule has 0 atom stereocenters. The summed E-state index contributed by atoms with van der Waals surface area (Å²) in [6.45, 7) is 2.72. The van der Waals surface area contributed by atoms with Gasteiger partial charge in [-0.25, -0.2) is 0 Å². The summed E-state index contributed by atoms with van der Waals surface area (Å²) in [4.78, 5) is 0. The first-order valence-corrected chi connectivity index (χ1v) is 5.00. The van der Waals surface area contributed by atoms with Crippen molar-refractivity contribution in [3.63, 3.8) is 0 Å². The SMILES string of the molecule is Cc1ccccc1COc1cc[c]cc1. The molecular weight excluding hydrogens is 184 g/mol. The zero-order valence-electron chi connectivity index (χ0n) is 8.73. The van der Waals surface area contributed by atoms with Crippen molar-refractivity contribution < 1.29 is 4.74 Å². The van der Waals surface area contributed by atoms with Crippen molar-refractivity contribution in [3.05, 3.63) is 65.7 Å². The molecule has 0 saturated heterocycles. The van der Waals surface area contributed by atoms with Crippen LogP contribution in [0.5, 0.6) is 5.75 Å². The van der Waals surface area contributed by atoms with Crippen LogP contribution in [0.1, 0.15) is 11.1 Å². The van der Waals surface area contributed by atoms with Crippen molar-refractivity contribution in [1.29, 1.82) is 0 Å². The van der Waals surface area contributed by atoms with Crippen LogP contribution in [0.2, 0.25) is 0 Å². The zero-order chi connectivity index (χ0) is 10.5. The highest BCUT2D eigenvalue weighted by atomic mass is 16.5. The van der Waals surface area contributed by atoms with E-state index in [2.05, 4.69) is 25.1 Å². The Kier molecular flexibility index (Phi) is 3.03. The Balaban J connectivity index is 2.03. The minimum atomic E-state index is 0.622. The number of hydrogen-bond acceptors (Lipinski definition) is 1. The lowest BCUT2D eigenvalue weighted by Crippen LogP contribution is -1.97. The molecule has 0 unspecified atom stereocenters. The van der Waals surface area contributed by atoms with E-state index >= 15 is 0 Å². The second-order valence-electron chi connectivity index (χ2n) is 3.45. The van der Waals surface area contributed by atoms with Crippen molar-refractivity contribution in [1.82, 2.24) is 0 Å². The first-order chi connectivity index (χ1) is 7.36. The van der Waals surface area contributed by atoms with Crippen LogP contribution < -0.4 is 4.74 Å². The maximum atomic E-state index is 5.65. The standard InChI is InChI=1S/C14H13O/c1-12-7-5-6-8-13(12)11-15-14-9-3-2-4-10-14/h3-10H,11H2,1H3. The van der Waals surface area contributed by atoms with E-state index in [9.17, 15) is 0 Å². The average molecular weight is 197 g/mol. The Bertz CT molecular complexity index is 420. The molecule has 2 aromatic rings. The highest BCUT2D eigenvalue weighted by Crippen LogP contribution is 2.13. The largest absolute Gasteiger partial charge is 0.489 e. The summed E-state index contributed by atoms with van der Waals surface area (Å²) in [7, 11) is 0. The van der Waals surface area contributed by atoms with Gasteiger partial charge in [-0.3, -0.25) is 0 Å². The number of aryl methyl sites for hydroxylation is 1. The maximum Gasteiger partial charge on any atom is 0.119 e. The molecule has 0 spiro atoms. The van der Waals surface area contributed by atoms with Crippen LogP contribution >= 0.6 is 0 Å². The van der Waals surface area contributed by atoms with Crippen LogP contribution in [0.15, 0.2) is 48.5 Å². The van der Waals surface area contributed by atoms with Gasteiger partial charge in [-0.2, -0.15) is 0 Å². The topological polar surface area (TPSA) is 9.23 Å². The fourth-order valence-corrected chi connectivity index (χ4v) is 1.40. The highest BCUT2D eigenvalue weighted by molar-refractivity contribution is 5.26. The lowest BCUT2D eigenvalue weighted by molar-refractivity contribution is 0.305. The van der Waals surface area contributed by atoms with E-state index in [4.69, 9.17) is 4.74 Å². The predicted octanol–water partition coefficient (Wildman–Crippen LogP) is 3.37. The van der Waals surface area contributed by atoms with E-state index in [0.29, 0.717) is 6.61 Å². The monoisotopic (exact) mass is 197 g/mol. The van der Waals surface area contributed by atoms with Crippen LogP contribution in [-0.2, 0) is 6.61 Å². The third-order valence-electron chi connectivity index (χ3n) is 2.34. The van der Waals surface area contributed by atoms with Crippen LogP contribution in [0.3, 0.4) is 0 Å². The second-order valence-corrected chi connectivity index (χ2v) is 3.45. The summed E-state index contributed by atoms with van der Waals surface area (Å²) >= 11 is 0. The summed E-state index contributed by atoms with van der Waals surface area (Å²) in [6.07, 6.45) is 0. The molecule has 1 nitrogen and oxygen atoms in total. The fraction of sp³-hybridized carbons (Fsp3) is 0.143. The van der Waals surface area contributed by atoms with E-state index in [1.54, 1.807) is 0 Å². The number of benzene rings is 2.